The van der Waals surface area contributed by atoms with Crippen molar-refractivity contribution in [2.45, 2.75) is 37.3 Å². The molecular formula is C21H24F3N3O5. The van der Waals surface area contributed by atoms with Crippen LogP contribution in [-0.4, -0.2) is 70.6 Å². The Balaban J connectivity index is 0.000000360. The van der Waals surface area contributed by atoms with Crippen LogP contribution in [0.15, 0.2) is 42.7 Å². The molecule has 4 rings (SSSR count). The second-order valence-electron chi connectivity index (χ2n) is 7.60. The number of carboxylic acids is 1. The molecule has 8 nitrogen and oxygen atoms in total. The van der Waals surface area contributed by atoms with Crippen LogP contribution in [0, 0.1) is 0 Å². The molecule has 1 N–H and O–H groups in total. The fourth-order valence-corrected chi connectivity index (χ4v) is 3.71. The van der Waals surface area contributed by atoms with Gasteiger partial charge in [-0.05, 0) is 23.8 Å². The number of likely N-dealkylation sites (tertiary alicyclic amines) is 1. The number of methoxy groups -OCH3 is 1. The van der Waals surface area contributed by atoms with E-state index in [2.05, 4.69) is 27.0 Å². The lowest BCUT2D eigenvalue weighted by Crippen LogP contribution is -2.65. The molecule has 1 unspecified atom stereocenters. The van der Waals surface area contributed by atoms with Crippen LogP contribution in [0.4, 0.5) is 13.2 Å². The maximum absolute atomic E-state index is 10.6. The number of alkyl halides is 3. The highest BCUT2D eigenvalue weighted by molar-refractivity contribution is 5.73. The van der Waals surface area contributed by atoms with Crippen molar-refractivity contribution in [1.82, 2.24) is 14.9 Å². The first-order valence-corrected chi connectivity index (χ1v) is 9.92. The zero-order valence-electron chi connectivity index (χ0n) is 17.4. The summed E-state index contributed by atoms with van der Waals surface area (Å²) < 4.78 is 49.1. The van der Waals surface area contributed by atoms with E-state index in [0.717, 1.165) is 44.8 Å². The molecular weight excluding hydrogens is 431 g/mol. The molecule has 2 fully saturated rings. The van der Waals surface area contributed by atoms with E-state index in [1.54, 1.807) is 25.6 Å². The lowest BCUT2D eigenvalue weighted by atomic mass is 9.84. The topological polar surface area (TPSA) is 94.0 Å². The molecule has 0 amide bonds. The maximum Gasteiger partial charge on any atom is 0.490 e. The van der Waals surface area contributed by atoms with Gasteiger partial charge in [-0.2, -0.15) is 13.2 Å². The zero-order valence-corrected chi connectivity index (χ0v) is 17.4. The fraction of sp³-hybridized carbons (Fsp3) is 0.476. The number of hydrogen-bond donors (Lipinski definition) is 1. The number of halogens is 3. The normalized spacial score (nSPS) is 19.9. The van der Waals surface area contributed by atoms with E-state index < -0.39 is 12.1 Å². The number of aromatic nitrogens is 2. The Hall–Kier alpha value is -2.92. The molecule has 0 saturated carbocycles. The van der Waals surface area contributed by atoms with E-state index in [1.807, 2.05) is 12.1 Å². The molecule has 0 aliphatic carbocycles. The van der Waals surface area contributed by atoms with Crippen LogP contribution in [0.5, 0.6) is 11.8 Å². The lowest BCUT2D eigenvalue weighted by Gasteiger charge is -2.53. The molecule has 2 aromatic rings. The first-order chi connectivity index (χ1) is 15.2. The number of ether oxygens (including phenoxy) is 3. The molecule has 0 bridgehead atoms. The van der Waals surface area contributed by atoms with Gasteiger partial charge in [-0.3, -0.25) is 4.90 Å². The zero-order chi connectivity index (χ0) is 23.2. The molecule has 2 aliphatic rings. The standard InChI is InChI=1S/C19H23N3O3.C2HF3O2/c1-23-16-5-2-4-15(10-16)12-22-13-19(14-22)11-17(6-9-24-19)25-18-20-7-3-8-21-18;3-2(4,5)1(6)7/h2-5,7-8,10,17H,6,9,11-14H2,1H3;(H,6,7). The van der Waals surface area contributed by atoms with Crippen LogP contribution in [-0.2, 0) is 16.1 Å². The summed E-state index contributed by atoms with van der Waals surface area (Å²) in [5.74, 6) is -1.86. The largest absolute Gasteiger partial charge is 0.497 e. The minimum Gasteiger partial charge on any atom is -0.497 e. The summed E-state index contributed by atoms with van der Waals surface area (Å²) in [6, 6.07) is 10.5. The third-order valence-corrected chi connectivity index (χ3v) is 5.07. The van der Waals surface area contributed by atoms with Crippen molar-refractivity contribution in [2.75, 3.05) is 26.8 Å². The summed E-state index contributed by atoms with van der Waals surface area (Å²) in [4.78, 5) is 19.6. The summed E-state index contributed by atoms with van der Waals surface area (Å²) >= 11 is 0. The Labute approximate surface area is 182 Å². The first kappa shape index (κ1) is 23.7. The highest BCUT2D eigenvalue weighted by atomic mass is 19.4. The van der Waals surface area contributed by atoms with Gasteiger partial charge < -0.3 is 19.3 Å². The maximum atomic E-state index is 10.6. The monoisotopic (exact) mass is 455 g/mol. The van der Waals surface area contributed by atoms with Gasteiger partial charge in [0.25, 0.3) is 0 Å². The summed E-state index contributed by atoms with van der Waals surface area (Å²) in [6.45, 7) is 3.50. The molecule has 2 aliphatic heterocycles. The van der Waals surface area contributed by atoms with Crippen LogP contribution in [0.1, 0.15) is 18.4 Å². The third-order valence-electron chi connectivity index (χ3n) is 5.07. The van der Waals surface area contributed by atoms with Crippen molar-refractivity contribution in [3.63, 3.8) is 0 Å². The average molecular weight is 455 g/mol. The van der Waals surface area contributed by atoms with Crippen molar-refractivity contribution in [1.29, 1.82) is 0 Å². The van der Waals surface area contributed by atoms with Crippen LogP contribution >= 0.6 is 0 Å². The van der Waals surface area contributed by atoms with Crippen LogP contribution < -0.4 is 9.47 Å². The van der Waals surface area contributed by atoms with Gasteiger partial charge in [-0.15, -0.1) is 0 Å². The Kier molecular flexibility index (Phi) is 7.52. The summed E-state index contributed by atoms with van der Waals surface area (Å²) in [5, 5.41) is 7.12. The van der Waals surface area contributed by atoms with Gasteiger partial charge in [0.15, 0.2) is 0 Å². The first-order valence-electron chi connectivity index (χ1n) is 9.92. The van der Waals surface area contributed by atoms with E-state index in [-0.39, 0.29) is 11.7 Å². The van der Waals surface area contributed by atoms with Gasteiger partial charge in [0, 0.05) is 44.9 Å². The Bertz CT molecular complexity index is 892. The molecule has 174 valence electrons. The second-order valence-corrected chi connectivity index (χ2v) is 7.60. The second kappa shape index (κ2) is 10.1. The van der Waals surface area contributed by atoms with Gasteiger partial charge in [-0.25, -0.2) is 14.8 Å². The van der Waals surface area contributed by atoms with Crippen molar-refractivity contribution in [3.05, 3.63) is 48.3 Å². The number of aliphatic carboxylic acids is 1. The highest BCUT2D eigenvalue weighted by Crippen LogP contribution is 2.36. The van der Waals surface area contributed by atoms with E-state index >= 15 is 0 Å². The molecule has 0 radical (unpaired) electrons. The van der Waals surface area contributed by atoms with Gasteiger partial charge in [0.05, 0.1) is 19.3 Å². The summed E-state index contributed by atoms with van der Waals surface area (Å²) in [5.41, 5.74) is 1.17. The highest BCUT2D eigenvalue weighted by Gasteiger charge is 2.48. The number of rotatable bonds is 5. The molecule has 1 aromatic heterocycles. The number of carbonyl (C=O) groups is 1. The smallest absolute Gasteiger partial charge is 0.490 e. The molecule has 11 heteroatoms. The van der Waals surface area contributed by atoms with Crippen LogP contribution in [0.3, 0.4) is 0 Å². The van der Waals surface area contributed by atoms with Gasteiger partial charge in [-0.1, -0.05) is 12.1 Å². The average Bonchev–Trinajstić information content (AvgIpc) is 2.73. The quantitative estimate of drug-likeness (QED) is 0.736. The Morgan fingerprint density at radius 2 is 1.97 bits per heavy atom. The SMILES string of the molecule is COc1cccc(CN2CC3(CC(Oc4ncccn4)CCO3)C2)c1.O=C(O)C(F)(F)F. The van der Waals surface area contributed by atoms with Crippen molar-refractivity contribution < 1.29 is 37.3 Å². The Morgan fingerprint density at radius 3 is 2.59 bits per heavy atom. The van der Waals surface area contributed by atoms with E-state index in [9.17, 15) is 13.2 Å². The van der Waals surface area contributed by atoms with Crippen molar-refractivity contribution in [3.8, 4) is 11.8 Å². The predicted molar refractivity (Wildman–Crippen MR) is 106 cm³/mol. The fourth-order valence-electron chi connectivity index (χ4n) is 3.71. The molecule has 1 spiro atoms. The minimum absolute atomic E-state index is 0.0867. The van der Waals surface area contributed by atoms with Gasteiger partial charge >= 0.3 is 18.2 Å². The number of hydrogen-bond acceptors (Lipinski definition) is 7. The van der Waals surface area contributed by atoms with Crippen LogP contribution in [0.25, 0.3) is 0 Å². The predicted octanol–water partition coefficient (Wildman–Crippen LogP) is 2.93. The molecule has 1 aromatic carbocycles. The Morgan fingerprint density at radius 1 is 1.28 bits per heavy atom. The van der Waals surface area contributed by atoms with Gasteiger partial charge in [0.1, 0.15) is 11.9 Å². The van der Waals surface area contributed by atoms with E-state index in [0.29, 0.717) is 6.01 Å². The van der Waals surface area contributed by atoms with Crippen LogP contribution in [0.2, 0.25) is 0 Å². The molecule has 2 saturated heterocycles. The van der Waals surface area contributed by atoms with E-state index in [1.165, 1.54) is 5.56 Å². The number of benzene rings is 1. The molecule has 32 heavy (non-hydrogen) atoms. The van der Waals surface area contributed by atoms with Crippen molar-refractivity contribution >= 4 is 5.97 Å². The summed E-state index contributed by atoms with van der Waals surface area (Å²) in [6.07, 6.45) is 0.221. The number of carboxylic acid groups (broad SMARTS) is 1. The third kappa shape index (κ3) is 6.54. The van der Waals surface area contributed by atoms with E-state index in [4.69, 9.17) is 24.1 Å². The lowest BCUT2D eigenvalue weighted by molar-refractivity contribution is -0.192. The van der Waals surface area contributed by atoms with Crippen molar-refractivity contribution in [2.24, 2.45) is 0 Å². The van der Waals surface area contributed by atoms with Gasteiger partial charge in [0.2, 0.25) is 0 Å². The summed E-state index contributed by atoms with van der Waals surface area (Å²) in [7, 11) is 1.70. The minimum atomic E-state index is -5.08. The molecule has 1 atom stereocenters. The molecule has 3 heterocycles. The number of nitrogens with zero attached hydrogens (tertiary/aromatic N) is 3.